The van der Waals surface area contributed by atoms with Crippen molar-refractivity contribution in [2.24, 2.45) is 0 Å². The first-order valence-electron chi connectivity index (χ1n) is 5.59. The third-order valence-corrected chi connectivity index (χ3v) is 3.42. The van der Waals surface area contributed by atoms with Crippen LogP contribution in [0.3, 0.4) is 0 Å². The van der Waals surface area contributed by atoms with Gasteiger partial charge < -0.3 is 15.4 Å². The van der Waals surface area contributed by atoms with Crippen LogP contribution in [0.5, 0.6) is 0 Å². The molecule has 0 spiro atoms. The Bertz CT molecular complexity index is 397. The molecule has 1 atom stereocenters. The average molecular weight is 336 g/mol. The highest BCUT2D eigenvalue weighted by atomic mass is 79.9. The van der Waals surface area contributed by atoms with Gasteiger partial charge in [-0.15, -0.1) is 12.4 Å². The first-order valence-corrected chi connectivity index (χ1v) is 6.39. The van der Waals surface area contributed by atoms with Crippen LogP contribution in [-0.2, 0) is 16.1 Å². The molecule has 1 amide bonds. The quantitative estimate of drug-likeness (QED) is 0.879. The minimum absolute atomic E-state index is 0. The predicted octanol–water partition coefficient (Wildman–Crippen LogP) is 1.48. The monoisotopic (exact) mass is 334 g/mol. The molecule has 0 aliphatic carbocycles. The number of carbonyl (C=O) groups excluding carboxylic acids is 1. The topological polar surface area (TPSA) is 50.4 Å². The molecule has 1 aromatic rings. The fourth-order valence-electron chi connectivity index (χ4n) is 1.68. The van der Waals surface area contributed by atoms with Crippen molar-refractivity contribution in [3.05, 3.63) is 34.3 Å². The number of ether oxygens (including phenoxy) is 1. The van der Waals surface area contributed by atoms with Crippen LogP contribution in [0, 0.1) is 0 Å². The SMILES string of the molecule is Cl.O=C(NCc1ccccc1Br)C1COCCN1. The van der Waals surface area contributed by atoms with E-state index in [9.17, 15) is 4.79 Å². The highest BCUT2D eigenvalue weighted by molar-refractivity contribution is 9.10. The molecule has 0 saturated carbocycles. The second kappa shape index (κ2) is 7.74. The molecular formula is C12H16BrClN2O2. The molecule has 1 aromatic carbocycles. The van der Waals surface area contributed by atoms with Crippen molar-refractivity contribution in [2.45, 2.75) is 12.6 Å². The number of amides is 1. The maximum atomic E-state index is 11.8. The molecule has 1 aliphatic rings. The number of carbonyl (C=O) groups is 1. The third-order valence-electron chi connectivity index (χ3n) is 2.65. The average Bonchev–Trinajstić information content (AvgIpc) is 2.38. The first kappa shape index (κ1) is 15.4. The Morgan fingerprint density at radius 2 is 2.28 bits per heavy atom. The molecule has 1 saturated heterocycles. The zero-order valence-corrected chi connectivity index (χ0v) is 12.2. The summed E-state index contributed by atoms with van der Waals surface area (Å²) in [4.78, 5) is 11.8. The van der Waals surface area contributed by atoms with Crippen molar-refractivity contribution in [3.8, 4) is 0 Å². The Morgan fingerprint density at radius 3 is 2.94 bits per heavy atom. The fraction of sp³-hybridized carbons (Fsp3) is 0.417. The number of morpholine rings is 1. The van der Waals surface area contributed by atoms with Gasteiger partial charge in [-0.1, -0.05) is 34.1 Å². The predicted molar refractivity (Wildman–Crippen MR) is 75.8 cm³/mol. The summed E-state index contributed by atoms with van der Waals surface area (Å²) in [6.07, 6.45) is 0. The van der Waals surface area contributed by atoms with Crippen LogP contribution in [0.1, 0.15) is 5.56 Å². The summed E-state index contributed by atoms with van der Waals surface area (Å²) in [6, 6.07) is 7.62. The van der Waals surface area contributed by atoms with Crippen molar-refractivity contribution in [2.75, 3.05) is 19.8 Å². The molecule has 1 aliphatic heterocycles. The molecule has 6 heteroatoms. The summed E-state index contributed by atoms with van der Waals surface area (Å²) < 4.78 is 6.25. The molecule has 0 bridgehead atoms. The minimum atomic E-state index is -0.230. The third kappa shape index (κ3) is 4.24. The van der Waals surface area contributed by atoms with Crippen molar-refractivity contribution in [3.63, 3.8) is 0 Å². The van der Waals surface area contributed by atoms with E-state index in [1.54, 1.807) is 0 Å². The van der Waals surface area contributed by atoms with E-state index in [4.69, 9.17) is 4.74 Å². The Balaban J connectivity index is 0.00000162. The van der Waals surface area contributed by atoms with E-state index >= 15 is 0 Å². The number of benzene rings is 1. The van der Waals surface area contributed by atoms with Crippen molar-refractivity contribution >= 4 is 34.2 Å². The van der Waals surface area contributed by atoms with Crippen molar-refractivity contribution in [1.29, 1.82) is 0 Å². The minimum Gasteiger partial charge on any atom is -0.378 e. The van der Waals surface area contributed by atoms with E-state index in [0.29, 0.717) is 19.8 Å². The lowest BCUT2D eigenvalue weighted by Crippen LogP contribution is -2.51. The lowest BCUT2D eigenvalue weighted by molar-refractivity contribution is -0.126. The van der Waals surface area contributed by atoms with Crippen LogP contribution in [0.15, 0.2) is 28.7 Å². The van der Waals surface area contributed by atoms with Gasteiger partial charge in [0, 0.05) is 17.6 Å². The number of hydrogen-bond donors (Lipinski definition) is 2. The van der Waals surface area contributed by atoms with E-state index in [-0.39, 0.29) is 24.4 Å². The number of hydrogen-bond acceptors (Lipinski definition) is 3. The highest BCUT2D eigenvalue weighted by Crippen LogP contribution is 2.15. The fourth-order valence-corrected chi connectivity index (χ4v) is 2.11. The van der Waals surface area contributed by atoms with Crippen LogP contribution in [0.25, 0.3) is 0 Å². The van der Waals surface area contributed by atoms with Gasteiger partial charge in [0.05, 0.1) is 13.2 Å². The zero-order valence-electron chi connectivity index (χ0n) is 9.82. The molecule has 100 valence electrons. The lowest BCUT2D eigenvalue weighted by atomic mass is 10.2. The van der Waals surface area contributed by atoms with Gasteiger partial charge in [-0.05, 0) is 11.6 Å². The molecular weight excluding hydrogens is 320 g/mol. The summed E-state index contributed by atoms with van der Waals surface area (Å²) in [5, 5.41) is 6.02. The van der Waals surface area contributed by atoms with Crippen LogP contribution in [0.2, 0.25) is 0 Å². The molecule has 2 rings (SSSR count). The Morgan fingerprint density at radius 1 is 1.50 bits per heavy atom. The summed E-state index contributed by atoms with van der Waals surface area (Å²) >= 11 is 3.45. The maximum absolute atomic E-state index is 11.8. The molecule has 1 heterocycles. The van der Waals surface area contributed by atoms with E-state index < -0.39 is 0 Å². The largest absolute Gasteiger partial charge is 0.378 e. The Hall–Kier alpha value is -0.620. The molecule has 1 unspecified atom stereocenters. The molecule has 0 aromatic heterocycles. The van der Waals surface area contributed by atoms with Crippen LogP contribution >= 0.6 is 28.3 Å². The standard InChI is InChI=1S/C12H15BrN2O2.ClH/c13-10-4-2-1-3-9(10)7-15-12(16)11-8-17-6-5-14-11;/h1-4,11,14H,5-8H2,(H,15,16);1H. The summed E-state index contributed by atoms with van der Waals surface area (Å²) in [7, 11) is 0. The van der Waals surface area contributed by atoms with E-state index in [1.807, 2.05) is 24.3 Å². The molecule has 4 nitrogen and oxygen atoms in total. The smallest absolute Gasteiger partial charge is 0.239 e. The normalized spacial score (nSPS) is 18.8. The van der Waals surface area contributed by atoms with Gasteiger partial charge >= 0.3 is 0 Å². The second-order valence-corrected chi connectivity index (χ2v) is 4.75. The van der Waals surface area contributed by atoms with Crippen molar-refractivity contribution < 1.29 is 9.53 Å². The number of nitrogens with one attached hydrogen (secondary N) is 2. The van der Waals surface area contributed by atoms with Gasteiger partial charge in [-0.3, -0.25) is 4.79 Å². The number of halogens is 2. The Labute approximate surface area is 121 Å². The maximum Gasteiger partial charge on any atom is 0.239 e. The van der Waals surface area contributed by atoms with Crippen LogP contribution < -0.4 is 10.6 Å². The van der Waals surface area contributed by atoms with E-state index in [1.165, 1.54) is 0 Å². The molecule has 2 N–H and O–H groups in total. The van der Waals surface area contributed by atoms with E-state index in [0.717, 1.165) is 16.6 Å². The van der Waals surface area contributed by atoms with Crippen LogP contribution in [-0.4, -0.2) is 31.7 Å². The molecule has 18 heavy (non-hydrogen) atoms. The Kier molecular flexibility index (Phi) is 6.63. The van der Waals surface area contributed by atoms with Gasteiger partial charge in [0.15, 0.2) is 0 Å². The van der Waals surface area contributed by atoms with Crippen molar-refractivity contribution in [1.82, 2.24) is 10.6 Å². The molecule has 0 radical (unpaired) electrons. The van der Waals surface area contributed by atoms with Gasteiger partial charge in [0.2, 0.25) is 5.91 Å². The van der Waals surface area contributed by atoms with E-state index in [2.05, 4.69) is 26.6 Å². The van der Waals surface area contributed by atoms with Crippen LogP contribution in [0.4, 0.5) is 0 Å². The lowest BCUT2D eigenvalue weighted by Gasteiger charge is -2.23. The molecule has 1 fully saturated rings. The number of rotatable bonds is 3. The first-order chi connectivity index (χ1) is 8.27. The second-order valence-electron chi connectivity index (χ2n) is 3.89. The van der Waals surface area contributed by atoms with Gasteiger partial charge in [0.25, 0.3) is 0 Å². The van der Waals surface area contributed by atoms with Gasteiger partial charge in [-0.25, -0.2) is 0 Å². The van der Waals surface area contributed by atoms with Gasteiger partial charge in [-0.2, -0.15) is 0 Å². The summed E-state index contributed by atoms with van der Waals surface area (Å²) in [5.74, 6) is -0.0135. The summed E-state index contributed by atoms with van der Waals surface area (Å²) in [5.41, 5.74) is 1.07. The highest BCUT2D eigenvalue weighted by Gasteiger charge is 2.20. The zero-order chi connectivity index (χ0) is 12.1. The summed E-state index contributed by atoms with van der Waals surface area (Å²) in [6.45, 7) is 2.38. The van der Waals surface area contributed by atoms with Gasteiger partial charge in [0.1, 0.15) is 6.04 Å².